The molecule has 0 spiro atoms. The fraction of sp³-hybridized carbons (Fsp3) is 0.562. The van der Waals surface area contributed by atoms with Crippen LogP contribution in [0.2, 0.25) is 0 Å². The summed E-state index contributed by atoms with van der Waals surface area (Å²) in [6.07, 6.45) is 1.02. The Morgan fingerprint density at radius 1 is 1.29 bits per heavy atom. The molecule has 5 nitrogen and oxygen atoms in total. The molecule has 2 rings (SSSR count). The van der Waals surface area contributed by atoms with Gasteiger partial charge in [0.25, 0.3) is 0 Å². The SMILES string of the molecule is CC(=O)Nc1cccc(OCCCN2CCN(C)CC2)c1. The van der Waals surface area contributed by atoms with Gasteiger partial charge in [-0.3, -0.25) is 4.79 Å². The van der Waals surface area contributed by atoms with Gasteiger partial charge in [-0.1, -0.05) is 6.07 Å². The van der Waals surface area contributed by atoms with Gasteiger partial charge in [0.2, 0.25) is 5.91 Å². The molecule has 1 saturated heterocycles. The summed E-state index contributed by atoms with van der Waals surface area (Å²) >= 11 is 0. The van der Waals surface area contributed by atoms with Crippen molar-refractivity contribution in [1.82, 2.24) is 9.80 Å². The average molecular weight is 291 g/mol. The molecule has 1 amide bonds. The van der Waals surface area contributed by atoms with Gasteiger partial charge in [-0.2, -0.15) is 0 Å². The second-order valence-corrected chi connectivity index (χ2v) is 5.56. The minimum atomic E-state index is -0.0674. The van der Waals surface area contributed by atoms with Crippen LogP contribution >= 0.6 is 0 Å². The second-order valence-electron chi connectivity index (χ2n) is 5.56. The highest BCUT2D eigenvalue weighted by atomic mass is 16.5. The number of benzene rings is 1. The Hall–Kier alpha value is -1.59. The van der Waals surface area contributed by atoms with E-state index in [1.165, 1.54) is 6.92 Å². The molecule has 0 aromatic heterocycles. The van der Waals surface area contributed by atoms with E-state index in [0.717, 1.165) is 50.6 Å². The topological polar surface area (TPSA) is 44.8 Å². The predicted octanol–water partition coefficient (Wildman–Crippen LogP) is 1.66. The Labute approximate surface area is 126 Å². The first kappa shape index (κ1) is 15.8. The molecular formula is C16H25N3O2. The van der Waals surface area contributed by atoms with Crippen LogP contribution in [-0.4, -0.2) is 62.1 Å². The molecule has 0 bridgehead atoms. The predicted molar refractivity (Wildman–Crippen MR) is 84.8 cm³/mol. The van der Waals surface area contributed by atoms with Crippen LogP contribution in [0.3, 0.4) is 0 Å². The van der Waals surface area contributed by atoms with E-state index >= 15 is 0 Å². The van der Waals surface area contributed by atoms with Gasteiger partial charge in [0, 0.05) is 51.4 Å². The van der Waals surface area contributed by atoms with E-state index in [9.17, 15) is 4.79 Å². The number of nitrogens with one attached hydrogen (secondary N) is 1. The summed E-state index contributed by atoms with van der Waals surface area (Å²) in [7, 11) is 2.17. The third kappa shape index (κ3) is 5.73. The fourth-order valence-corrected chi connectivity index (χ4v) is 2.42. The van der Waals surface area contributed by atoms with E-state index in [1.807, 2.05) is 24.3 Å². The van der Waals surface area contributed by atoms with Crippen LogP contribution < -0.4 is 10.1 Å². The van der Waals surface area contributed by atoms with Crippen LogP contribution in [0.1, 0.15) is 13.3 Å². The summed E-state index contributed by atoms with van der Waals surface area (Å²) in [4.78, 5) is 15.9. The number of ether oxygens (including phenoxy) is 1. The molecule has 1 aromatic rings. The van der Waals surface area contributed by atoms with Crippen molar-refractivity contribution in [2.75, 3.05) is 51.7 Å². The van der Waals surface area contributed by atoms with Crippen LogP contribution in [0.15, 0.2) is 24.3 Å². The lowest BCUT2D eigenvalue weighted by molar-refractivity contribution is -0.114. The Morgan fingerprint density at radius 3 is 2.76 bits per heavy atom. The number of likely N-dealkylation sites (N-methyl/N-ethyl adjacent to an activating group) is 1. The van der Waals surface area contributed by atoms with E-state index < -0.39 is 0 Å². The quantitative estimate of drug-likeness (QED) is 0.810. The van der Waals surface area contributed by atoms with Crippen molar-refractivity contribution in [3.63, 3.8) is 0 Å². The van der Waals surface area contributed by atoms with E-state index in [2.05, 4.69) is 22.2 Å². The van der Waals surface area contributed by atoms with Crippen LogP contribution in [0.5, 0.6) is 5.75 Å². The van der Waals surface area contributed by atoms with Crippen molar-refractivity contribution < 1.29 is 9.53 Å². The number of carbonyl (C=O) groups is 1. The monoisotopic (exact) mass is 291 g/mol. The number of amides is 1. The molecule has 1 fully saturated rings. The van der Waals surface area contributed by atoms with Gasteiger partial charge in [0.1, 0.15) is 5.75 Å². The summed E-state index contributed by atoms with van der Waals surface area (Å²) in [6, 6.07) is 7.53. The molecular weight excluding hydrogens is 266 g/mol. The zero-order valence-corrected chi connectivity index (χ0v) is 13.0. The van der Waals surface area contributed by atoms with E-state index in [1.54, 1.807) is 0 Å². The van der Waals surface area contributed by atoms with Gasteiger partial charge in [0.05, 0.1) is 6.61 Å². The van der Waals surface area contributed by atoms with Crippen molar-refractivity contribution in [2.24, 2.45) is 0 Å². The third-order valence-corrected chi connectivity index (χ3v) is 3.64. The summed E-state index contributed by atoms with van der Waals surface area (Å²) in [6.45, 7) is 7.89. The average Bonchev–Trinajstić information content (AvgIpc) is 2.45. The number of nitrogens with zero attached hydrogens (tertiary/aromatic N) is 2. The maximum Gasteiger partial charge on any atom is 0.221 e. The van der Waals surface area contributed by atoms with Crippen molar-refractivity contribution in [3.8, 4) is 5.75 Å². The second kappa shape index (κ2) is 8.00. The van der Waals surface area contributed by atoms with Gasteiger partial charge in [0.15, 0.2) is 0 Å². The van der Waals surface area contributed by atoms with Crippen LogP contribution in [-0.2, 0) is 4.79 Å². The lowest BCUT2D eigenvalue weighted by Crippen LogP contribution is -2.44. The Morgan fingerprint density at radius 2 is 2.05 bits per heavy atom. The molecule has 116 valence electrons. The maximum atomic E-state index is 11.0. The molecule has 5 heteroatoms. The summed E-state index contributed by atoms with van der Waals surface area (Å²) in [5, 5.41) is 2.76. The molecule has 1 aliphatic rings. The molecule has 1 aromatic carbocycles. The molecule has 1 aliphatic heterocycles. The lowest BCUT2D eigenvalue weighted by Gasteiger charge is -2.32. The summed E-state index contributed by atoms with van der Waals surface area (Å²) < 4.78 is 5.75. The van der Waals surface area contributed by atoms with Gasteiger partial charge in [-0.15, -0.1) is 0 Å². The standard InChI is InChI=1S/C16H25N3O2/c1-14(20)17-15-5-3-6-16(13-15)21-12-4-7-19-10-8-18(2)9-11-19/h3,5-6,13H,4,7-12H2,1-2H3,(H,17,20). The van der Waals surface area contributed by atoms with Gasteiger partial charge in [-0.05, 0) is 25.6 Å². The minimum Gasteiger partial charge on any atom is -0.493 e. The first-order chi connectivity index (χ1) is 10.1. The number of hydrogen-bond acceptors (Lipinski definition) is 4. The molecule has 0 unspecified atom stereocenters. The third-order valence-electron chi connectivity index (χ3n) is 3.64. The number of anilines is 1. The molecule has 0 radical (unpaired) electrons. The zero-order chi connectivity index (χ0) is 15.1. The van der Waals surface area contributed by atoms with Crippen LogP contribution in [0.25, 0.3) is 0 Å². The van der Waals surface area contributed by atoms with Crippen molar-refractivity contribution >= 4 is 11.6 Å². The highest BCUT2D eigenvalue weighted by Gasteiger charge is 2.12. The number of hydrogen-bond donors (Lipinski definition) is 1. The van der Waals surface area contributed by atoms with Crippen LogP contribution in [0.4, 0.5) is 5.69 Å². The largest absolute Gasteiger partial charge is 0.493 e. The summed E-state index contributed by atoms with van der Waals surface area (Å²) in [5.41, 5.74) is 0.777. The van der Waals surface area contributed by atoms with Crippen LogP contribution in [0, 0.1) is 0 Å². The lowest BCUT2D eigenvalue weighted by atomic mass is 10.3. The molecule has 1 heterocycles. The smallest absolute Gasteiger partial charge is 0.221 e. The Balaban J connectivity index is 1.67. The first-order valence-corrected chi connectivity index (χ1v) is 7.55. The first-order valence-electron chi connectivity index (χ1n) is 7.55. The highest BCUT2D eigenvalue weighted by Crippen LogP contribution is 2.17. The van der Waals surface area contributed by atoms with Gasteiger partial charge < -0.3 is 19.9 Å². The highest BCUT2D eigenvalue weighted by molar-refractivity contribution is 5.88. The fourth-order valence-electron chi connectivity index (χ4n) is 2.42. The van der Waals surface area contributed by atoms with Gasteiger partial charge >= 0.3 is 0 Å². The normalized spacial score (nSPS) is 16.7. The summed E-state index contributed by atoms with van der Waals surface area (Å²) in [5.74, 6) is 0.738. The maximum absolute atomic E-state index is 11.0. The molecule has 0 aliphatic carbocycles. The van der Waals surface area contributed by atoms with E-state index in [0.29, 0.717) is 6.61 Å². The molecule has 1 N–H and O–H groups in total. The molecule has 0 atom stereocenters. The van der Waals surface area contributed by atoms with Crippen molar-refractivity contribution in [2.45, 2.75) is 13.3 Å². The number of piperazine rings is 1. The molecule has 0 saturated carbocycles. The van der Waals surface area contributed by atoms with Crippen molar-refractivity contribution in [3.05, 3.63) is 24.3 Å². The Bertz CT molecular complexity index is 457. The molecule has 21 heavy (non-hydrogen) atoms. The van der Waals surface area contributed by atoms with E-state index in [-0.39, 0.29) is 5.91 Å². The minimum absolute atomic E-state index is 0.0674. The van der Waals surface area contributed by atoms with Crippen molar-refractivity contribution in [1.29, 1.82) is 0 Å². The van der Waals surface area contributed by atoms with E-state index in [4.69, 9.17) is 4.74 Å². The Kier molecular flexibility index (Phi) is 6.02. The zero-order valence-electron chi connectivity index (χ0n) is 13.0. The van der Waals surface area contributed by atoms with Gasteiger partial charge in [-0.25, -0.2) is 0 Å². The number of carbonyl (C=O) groups excluding carboxylic acids is 1. The number of rotatable bonds is 6.